The average molecular weight is 235 g/mol. The lowest BCUT2D eigenvalue weighted by Gasteiger charge is -2.22. The first kappa shape index (κ1) is 13.6. The van der Waals surface area contributed by atoms with Gasteiger partial charge < -0.3 is 10.0 Å². The fraction of sp³-hybridized carbons (Fsp3) is 0.500. The number of anilines is 1. The standard InChI is InChI=1S/C14H21NO2/c1-5-6-7-15(4)13-9-11(3)10(2)8-12(13)14(16)17/h8-9H,5-7H2,1-4H3,(H,16,17). The van der Waals surface area contributed by atoms with Crippen molar-refractivity contribution >= 4 is 11.7 Å². The Morgan fingerprint density at radius 1 is 1.29 bits per heavy atom. The van der Waals surface area contributed by atoms with Crippen LogP contribution in [0, 0.1) is 13.8 Å². The highest BCUT2D eigenvalue weighted by atomic mass is 16.4. The summed E-state index contributed by atoms with van der Waals surface area (Å²) >= 11 is 0. The molecule has 17 heavy (non-hydrogen) atoms. The molecular formula is C14H21NO2. The second-order valence-electron chi connectivity index (χ2n) is 4.53. The molecule has 1 aromatic carbocycles. The summed E-state index contributed by atoms with van der Waals surface area (Å²) in [7, 11) is 1.95. The van der Waals surface area contributed by atoms with Crippen molar-refractivity contribution in [3.8, 4) is 0 Å². The van der Waals surface area contributed by atoms with E-state index in [9.17, 15) is 9.90 Å². The van der Waals surface area contributed by atoms with Gasteiger partial charge in [0.05, 0.1) is 11.3 Å². The summed E-state index contributed by atoms with van der Waals surface area (Å²) in [6, 6.07) is 3.73. The molecule has 1 aromatic rings. The zero-order valence-electron chi connectivity index (χ0n) is 11.1. The van der Waals surface area contributed by atoms with Gasteiger partial charge in [-0.2, -0.15) is 0 Å². The first-order chi connectivity index (χ1) is 7.97. The fourth-order valence-corrected chi connectivity index (χ4v) is 1.80. The molecule has 0 radical (unpaired) electrons. The molecule has 0 aromatic heterocycles. The molecule has 0 heterocycles. The molecule has 0 aliphatic heterocycles. The zero-order valence-corrected chi connectivity index (χ0v) is 11.1. The van der Waals surface area contributed by atoms with Gasteiger partial charge in [-0.3, -0.25) is 0 Å². The molecule has 1 N–H and O–H groups in total. The lowest BCUT2D eigenvalue weighted by molar-refractivity contribution is 0.0697. The van der Waals surface area contributed by atoms with Crippen LogP contribution >= 0.6 is 0 Å². The van der Waals surface area contributed by atoms with Gasteiger partial charge in [-0.25, -0.2) is 4.79 Å². The Morgan fingerprint density at radius 2 is 1.88 bits per heavy atom. The number of unbranched alkanes of at least 4 members (excludes halogenated alkanes) is 1. The number of rotatable bonds is 5. The Hall–Kier alpha value is -1.51. The Labute approximate surface area is 103 Å². The molecular weight excluding hydrogens is 214 g/mol. The van der Waals surface area contributed by atoms with Crippen LogP contribution < -0.4 is 4.90 Å². The van der Waals surface area contributed by atoms with Crippen molar-refractivity contribution in [1.82, 2.24) is 0 Å². The van der Waals surface area contributed by atoms with E-state index in [1.807, 2.05) is 31.9 Å². The van der Waals surface area contributed by atoms with Crippen molar-refractivity contribution < 1.29 is 9.90 Å². The van der Waals surface area contributed by atoms with E-state index >= 15 is 0 Å². The maximum atomic E-state index is 11.2. The normalized spacial score (nSPS) is 10.4. The van der Waals surface area contributed by atoms with E-state index in [1.54, 1.807) is 6.07 Å². The predicted molar refractivity (Wildman–Crippen MR) is 71.1 cm³/mol. The van der Waals surface area contributed by atoms with Crippen molar-refractivity contribution in [2.24, 2.45) is 0 Å². The summed E-state index contributed by atoms with van der Waals surface area (Å²) in [4.78, 5) is 13.3. The summed E-state index contributed by atoms with van der Waals surface area (Å²) in [5.41, 5.74) is 3.36. The second-order valence-corrected chi connectivity index (χ2v) is 4.53. The maximum Gasteiger partial charge on any atom is 0.337 e. The van der Waals surface area contributed by atoms with Gasteiger partial charge in [0.15, 0.2) is 0 Å². The molecule has 0 fully saturated rings. The SMILES string of the molecule is CCCCN(C)c1cc(C)c(C)cc1C(=O)O. The third-order valence-electron chi connectivity index (χ3n) is 3.10. The van der Waals surface area contributed by atoms with Gasteiger partial charge in [-0.15, -0.1) is 0 Å². The molecule has 0 spiro atoms. The quantitative estimate of drug-likeness (QED) is 0.851. The number of aromatic carboxylic acids is 1. The number of aryl methyl sites for hydroxylation is 2. The van der Waals surface area contributed by atoms with E-state index in [2.05, 4.69) is 6.92 Å². The number of hydrogen-bond acceptors (Lipinski definition) is 2. The Balaban J connectivity index is 3.11. The van der Waals surface area contributed by atoms with Crippen LogP contribution in [0.3, 0.4) is 0 Å². The molecule has 0 saturated carbocycles. The minimum Gasteiger partial charge on any atom is -0.478 e. The van der Waals surface area contributed by atoms with Crippen LogP contribution in [-0.4, -0.2) is 24.7 Å². The number of carboxylic acids is 1. The Morgan fingerprint density at radius 3 is 2.41 bits per heavy atom. The number of nitrogens with zero attached hydrogens (tertiary/aromatic N) is 1. The largest absolute Gasteiger partial charge is 0.478 e. The van der Waals surface area contributed by atoms with Crippen LogP contribution in [0.1, 0.15) is 41.3 Å². The minimum absolute atomic E-state index is 0.395. The van der Waals surface area contributed by atoms with Crippen LogP contribution in [0.5, 0.6) is 0 Å². The second kappa shape index (κ2) is 5.71. The summed E-state index contributed by atoms with van der Waals surface area (Å²) < 4.78 is 0. The van der Waals surface area contributed by atoms with Gasteiger partial charge in [0, 0.05) is 13.6 Å². The molecule has 1 rings (SSSR count). The lowest BCUT2D eigenvalue weighted by atomic mass is 10.0. The molecule has 0 bridgehead atoms. The van der Waals surface area contributed by atoms with Crippen LogP contribution in [0.2, 0.25) is 0 Å². The molecule has 94 valence electrons. The molecule has 3 nitrogen and oxygen atoms in total. The monoisotopic (exact) mass is 235 g/mol. The molecule has 0 aliphatic rings. The number of benzene rings is 1. The average Bonchev–Trinajstić information content (AvgIpc) is 2.28. The Kier molecular flexibility index (Phi) is 4.55. The number of hydrogen-bond donors (Lipinski definition) is 1. The summed E-state index contributed by atoms with van der Waals surface area (Å²) in [6.45, 7) is 6.97. The van der Waals surface area contributed by atoms with Crippen molar-refractivity contribution in [1.29, 1.82) is 0 Å². The topological polar surface area (TPSA) is 40.5 Å². The van der Waals surface area contributed by atoms with Crippen molar-refractivity contribution in [3.05, 3.63) is 28.8 Å². The highest BCUT2D eigenvalue weighted by Gasteiger charge is 2.14. The van der Waals surface area contributed by atoms with E-state index in [0.29, 0.717) is 5.56 Å². The van der Waals surface area contributed by atoms with Crippen molar-refractivity contribution in [3.63, 3.8) is 0 Å². The smallest absolute Gasteiger partial charge is 0.337 e. The van der Waals surface area contributed by atoms with Gasteiger partial charge in [0.25, 0.3) is 0 Å². The van der Waals surface area contributed by atoms with Crippen LogP contribution in [-0.2, 0) is 0 Å². The summed E-state index contributed by atoms with van der Waals surface area (Å²) in [6.07, 6.45) is 2.18. The van der Waals surface area contributed by atoms with E-state index in [-0.39, 0.29) is 0 Å². The molecule has 0 aliphatic carbocycles. The fourth-order valence-electron chi connectivity index (χ4n) is 1.80. The highest BCUT2D eigenvalue weighted by molar-refractivity contribution is 5.95. The zero-order chi connectivity index (χ0) is 13.0. The lowest BCUT2D eigenvalue weighted by Crippen LogP contribution is -2.21. The van der Waals surface area contributed by atoms with Crippen LogP contribution in [0.15, 0.2) is 12.1 Å². The van der Waals surface area contributed by atoms with Crippen LogP contribution in [0.4, 0.5) is 5.69 Å². The minimum atomic E-state index is -0.855. The van der Waals surface area contributed by atoms with Crippen molar-refractivity contribution in [2.45, 2.75) is 33.6 Å². The highest BCUT2D eigenvalue weighted by Crippen LogP contribution is 2.24. The molecule has 0 saturated heterocycles. The molecule has 0 amide bonds. The van der Waals surface area contributed by atoms with Gasteiger partial charge in [-0.05, 0) is 43.5 Å². The van der Waals surface area contributed by atoms with E-state index in [1.165, 1.54) is 0 Å². The molecule has 0 unspecified atom stereocenters. The van der Waals surface area contributed by atoms with Crippen LogP contribution in [0.25, 0.3) is 0 Å². The summed E-state index contributed by atoms with van der Waals surface area (Å²) in [5, 5.41) is 9.23. The van der Waals surface area contributed by atoms with Gasteiger partial charge >= 0.3 is 5.97 Å². The Bertz CT molecular complexity index is 413. The van der Waals surface area contributed by atoms with Crippen molar-refractivity contribution in [2.75, 3.05) is 18.5 Å². The first-order valence-corrected chi connectivity index (χ1v) is 6.03. The van der Waals surface area contributed by atoms with E-state index in [0.717, 1.165) is 36.2 Å². The molecule has 0 atom stereocenters. The third kappa shape index (κ3) is 3.22. The van der Waals surface area contributed by atoms with E-state index in [4.69, 9.17) is 0 Å². The van der Waals surface area contributed by atoms with E-state index < -0.39 is 5.97 Å². The third-order valence-corrected chi connectivity index (χ3v) is 3.10. The van der Waals surface area contributed by atoms with Gasteiger partial charge in [0.2, 0.25) is 0 Å². The number of carbonyl (C=O) groups is 1. The first-order valence-electron chi connectivity index (χ1n) is 6.03. The van der Waals surface area contributed by atoms with Gasteiger partial charge in [0.1, 0.15) is 0 Å². The summed E-state index contributed by atoms with van der Waals surface area (Å²) in [5.74, 6) is -0.855. The predicted octanol–water partition coefficient (Wildman–Crippen LogP) is 3.24. The molecule has 3 heteroatoms. The number of carboxylic acid groups (broad SMARTS) is 1. The maximum absolute atomic E-state index is 11.2. The van der Waals surface area contributed by atoms with Gasteiger partial charge in [-0.1, -0.05) is 13.3 Å².